The summed E-state index contributed by atoms with van der Waals surface area (Å²) >= 11 is 4.61. The highest BCUT2D eigenvalue weighted by Crippen LogP contribution is 2.28. The number of hydrogen-bond donors (Lipinski definition) is 0. The van der Waals surface area contributed by atoms with Crippen LogP contribution in [0.5, 0.6) is 0 Å². The van der Waals surface area contributed by atoms with Gasteiger partial charge in [0.25, 0.3) is 0 Å². The van der Waals surface area contributed by atoms with Crippen LogP contribution in [0.3, 0.4) is 0 Å². The van der Waals surface area contributed by atoms with Crippen molar-refractivity contribution in [2.75, 3.05) is 18.1 Å². The fraction of sp³-hybridized carbons (Fsp3) is 0.667. The van der Waals surface area contributed by atoms with Gasteiger partial charge in [-0.3, -0.25) is 4.79 Å². The summed E-state index contributed by atoms with van der Waals surface area (Å²) in [6, 6.07) is 0. The van der Waals surface area contributed by atoms with E-state index >= 15 is 0 Å². The first-order valence-electron chi connectivity index (χ1n) is 5.01. The Bertz CT molecular complexity index is 330. The summed E-state index contributed by atoms with van der Waals surface area (Å²) in [4.78, 5) is 11.1. The molecule has 1 rings (SSSR count). The Hall–Kier alpha value is -0.270. The van der Waals surface area contributed by atoms with Crippen LogP contribution in [0, 0.1) is 0 Å². The zero-order valence-corrected chi connectivity index (χ0v) is 11.7. The number of hydrogen-bond acceptors (Lipinski definition) is 7. The summed E-state index contributed by atoms with van der Waals surface area (Å²) in [7, 11) is 0. The molecule has 0 fully saturated rings. The highest BCUT2D eigenvalue weighted by Gasteiger charge is 2.08. The number of aromatic nitrogens is 2. The van der Waals surface area contributed by atoms with E-state index in [0.29, 0.717) is 12.4 Å². The molecule has 16 heavy (non-hydrogen) atoms. The van der Waals surface area contributed by atoms with Crippen LogP contribution in [0.25, 0.3) is 0 Å². The number of carbonyl (C=O) groups is 1. The zero-order chi connectivity index (χ0) is 11.8. The topological polar surface area (TPSA) is 52.1 Å². The third-order valence-corrected chi connectivity index (χ3v) is 4.81. The van der Waals surface area contributed by atoms with Gasteiger partial charge in [0.05, 0.1) is 12.4 Å². The molecule has 0 amide bonds. The molecule has 0 atom stereocenters. The maximum atomic E-state index is 11.1. The van der Waals surface area contributed by atoms with Crippen molar-refractivity contribution in [3.63, 3.8) is 0 Å². The molecule has 0 spiro atoms. The van der Waals surface area contributed by atoms with E-state index in [2.05, 4.69) is 17.1 Å². The van der Waals surface area contributed by atoms with Crippen LogP contribution in [-0.4, -0.2) is 34.3 Å². The van der Waals surface area contributed by atoms with Crippen LogP contribution in [0.1, 0.15) is 20.3 Å². The Morgan fingerprint density at radius 3 is 2.62 bits per heavy atom. The number of ether oxygens (including phenoxy) is 1. The summed E-state index contributed by atoms with van der Waals surface area (Å²) in [6.45, 7) is 4.35. The average molecular weight is 278 g/mol. The van der Waals surface area contributed by atoms with Crippen LogP contribution in [-0.2, 0) is 9.53 Å². The number of thioether (sulfide) groups is 2. The molecule has 0 aliphatic rings. The molecule has 0 aliphatic carbocycles. The molecule has 90 valence electrons. The standard InChI is InChI=1S/C9H14N2O2S3/c1-3-5-14-8-10-11-9(16-8)15-6-7(12)13-4-2/h3-6H2,1-2H3. The largest absolute Gasteiger partial charge is 0.465 e. The highest BCUT2D eigenvalue weighted by molar-refractivity contribution is 8.03. The number of rotatable bonds is 7. The first-order chi connectivity index (χ1) is 7.76. The molecular formula is C9H14N2O2S3. The Morgan fingerprint density at radius 2 is 2.00 bits per heavy atom. The third kappa shape index (κ3) is 5.18. The van der Waals surface area contributed by atoms with E-state index in [1.165, 1.54) is 23.1 Å². The summed E-state index contributed by atoms with van der Waals surface area (Å²) in [5, 5.41) is 8.04. The molecule has 0 bridgehead atoms. The quantitative estimate of drug-likeness (QED) is 0.564. The van der Waals surface area contributed by atoms with Gasteiger partial charge in [-0.1, -0.05) is 41.8 Å². The minimum absolute atomic E-state index is 0.203. The van der Waals surface area contributed by atoms with Gasteiger partial charge in [0.2, 0.25) is 0 Å². The summed E-state index contributed by atoms with van der Waals surface area (Å²) in [5.74, 6) is 1.16. The zero-order valence-electron chi connectivity index (χ0n) is 9.26. The Morgan fingerprint density at radius 1 is 1.31 bits per heavy atom. The molecular weight excluding hydrogens is 264 g/mol. The van der Waals surface area contributed by atoms with E-state index in [4.69, 9.17) is 4.74 Å². The predicted molar refractivity (Wildman–Crippen MR) is 68.3 cm³/mol. The first-order valence-corrected chi connectivity index (χ1v) is 7.79. The number of carbonyl (C=O) groups excluding carboxylic acids is 1. The predicted octanol–water partition coefficient (Wildman–Crippen LogP) is 2.70. The minimum atomic E-state index is -0.203. The molecule has 1 heterocycles. The van der Waals surface area contributed by atoms with Gasteiger partial charge in [-0.05, 0) is 13.3 Å². The maximum absolute atomic E-state index is 11.1. The molecule has 0 saturated heterocycles. The number of esters is 1. The fourth-order valence-corrected chi connectivity index (χ4v) is 3.57. The first kappa shape index (κ1) is 13.8. The molecule has 0 saturated carbocycles. The van der Waals surface area contributed by atoms with Gasteiger partial charge in [-0.25, -0.2) is 0 Å². The molecule has 4 nitrogen and oxygen atoms in total. The van der Waals surface area contributed by atoms with Gasteiger partial charge in [-0.15, -0.1) is 10.2 Å². The molecule has 1 aromatic rings. The summed E-state index contributed by atoms with van der Waals surface area (Å²) in [5.41, 5.74) is 0. The summed E-state index contributed by atoms with van der Waals surface area (Å²) < 4.78 is 6.62. The van der Waals surface area contributed by atoms with Crippen molar-refractivity contribution in [3.05, 3.63) is 0 Å². The lowest BCUT2D eigenvalue weighted by Gasteiger charge is -1.97. The molecule has 0 unspecified atom stereocenters. The second-order valence-corrected chi connectivity index (χ2v) is 6.32. The Labute approximate surface area is 108 Å². The molecule has 0 N–H and O–H groups in total. The van der Waals surface area contributed by atoms with E-state index in [9.17, 15) is 4.79 Å². The normalized spacial score (nSPS) is 10.4. The smallest absolute Gasteiger partial charge is 0.316 e. The molecule has 0 aromatic carbocycles. The van der Waals surface area contributed by atoms with Crippen molar-refractivity contribution < 1.29 is 9.53 Å². The van der Waals surface area contributed by atoms with Gasteiger partial charge in [0.15, 0.2) is 8.68 Å². The van der Waals surface area contributed by atoms with Crippen molar-refractivity contribution in [1.82, 2.24) is 10.2 Å². The van der Waals surface area contributed by atoms with E-state index < -0.39 is 0 Å². The summed E-state index contributed by atoms with van der Waals surface area (Å²) in [6.07, 6.45) is 1.12. The minimum Gasteiger partial charge on any atom is -0.465 e. The number of nitrogens with zero attached hydrogens (tertiary/aromatic N) is 2. The van der Waals surface area contributed by atoms with Gasteiger partial charge in [0, 0.05) is 5.75 Å². The van der Waals surface area contributed by atoms with E-state index in [-0.39, 0.29) is 5.97 Å². The third-order valence-electron chi connectivity index (χ3n) is 1.44. The van der Waals surface area contributed by atoms with E-state index in [1.807, 2.05) is 0 Å². The molecule has 0 radical (unpaired) electrons. The van der Waals surface area contributed by atoms with Gasteiger partial charge >= 0.3 is 5.97 Å². The van der Waals surface area contributed by atoms with E-state index in [0.717, 1.165) is 20.9 Å². The van der Waals surface area contributed by atoms with Gasteiger partial charge in [-0.2, -0.15) is 0 Å². The van der Waals surface area contributed by atoms with Gasteiger partial charge in [0.1, 0.15) is 0 Å². The van der Waals surface area contributed by atoms with Gasteiger partial charge < -0.3 is 4.74 Å². The van der Waals surface area contributed by atoms with Crippen molar-refractivity contribution in [2.45, 2.75) is 28.9 Å². The Kier molecular flexibility index (Phi) is 6.82. The molecule has 0 aliphatic heterocycles. The Balaban J connectivity index is 2.31. The SMILES string of the molecule is CCCSc1nnc(SCC(=O)OCC)s1. The van der Waals surface area contributed by atoms with Crippen LogP contribution >= 0.6 is 34.9 Å². The van der Waals surface area contributed by atoms with Crippen LogP contribution < -0.4 is 0 Å². The van der Waals surface area contributed by atoms with Crippen LogP contribution in [0.2, 0.25) is 0 Å². The monoisotopic (exact) mass is 278 g/mol. The molecule has 1 aromatic heterocycles. The van der Waals surface area contributed by atoms with Crippen molar-refractivity contribution >= 4 is 40.8 Å². The second kappa shape index (κ2) is 7.92. The average Bonchev–Trinajstić information content (AvgIpc) is 2.72. The van der Waals surface area contributed by atoms with Crippen molar-refractivity contribution in [3.8, 4) is 0 Å². The molecule has 7 heteroatoms. The van der Waals surface area contributed by atoms with Crippen molar-refractivity contribution in [1.29, 1.82) is 0 Å². The highest BCUT2D eigenvalue weighted by atomic mass is 32.2. The van der Waals surface area contributed by atoms with Crippen LogP contribution in [0.4, 0.5) is 0 Å². The lowest BCUT2D eigenvalue weighted by Crippen LogP contribution is -2.06. The van der Waals surface area contributed by atoms with E-state index in [1.54, 1.807) is 18.7 Å². The lowest BCUT2D eigenvalue weighted by atomic mass is 10.6. The van der Waals surface area contributed by atoms with Crippen LogP contribution in [0.15, 0.2) is 8.68 Å². The second-order valence-electron chi connectivity index (χ2n) is 2.78. The fourth-order valence-electron chi connectivity index (χ4n) is 0.827. The van der Waals surface area contributed by atoms with Crippen molar-refractivity contribution in [2.24, 2.45) is 0 Å². The lowest BCUT2D eigenvalue weighted by molar-refractivity contribution is -0.139. The maximum Gasteiger partial charge on any atom is 0.316 e.